The van der Waals surface area contributed by atoms with Crippen LogP contribution >= 0.6 is 0 Å². The summed E-state index contributed by atoms with van der Waals surface area (Å²) in [5.41, 5.74) is 2.73. The first-order valence-electron chi connectivity index (χ1n) is 5.45. The fourth-order valence-electron chi connectivity index (χ4n) is 2.81. The second-order valence-electron chi connectivity index (χ2n) is 4.68. The molecule has 0 aromatic heterocycles. The van der Waals surface area contributed by atoms with Crippen LogP contribution in [0.25, 0.3) is 0 Å². The smallest absolute Gasteiger partial charge is 0.159 e. The van der Waals surface area contributed by atoms with E-state index in [0.717, 1.165) is 12.8 Å². The largest absolute Gasteiger partial charge is 0.295 e. The van der Waals surface area contributed by atoms with Gasteiger partial charge in [0.05, 0.1) is 0 Å². The molecule has 0 saturated carbocycles. The van der Waals surface area contributed by atoms with Crippen LogP contribution in [0.5, 0.6) is 0 Å². The Bertz CT molecular complexity index is 260. The second-order valence-corrected chi connectivity index (χ2v) is 4.68. The second kappa shape index (κ2) is 3.28. The topological polar surface area (TPSA) is 17.1 Å². The SMILES string of the molecule is CC(C)C1CCCC2=C1C(=O)CC2. The van der Waals surface area contributed by atoms with Gasteiger partial charge in [-0.2, -0.15) is 0 Å². The number of carbonyl (C=O) groups excluding carboxylic acids is 1. The molecule has 2 aliphatic rings. The molecule has 1 atom stereocenters. The molecule has 0 heterocycles. The van der Waals surface area contributed by atoms with Crippen molar-refractivity contribution in [2.75, 3.05) is 0 Å². The molecule has 1 heteroatoms. The first kappa shape index (κ1) is 8.98. The zero-order valence-corrected chi connectivity index (χ0v) is 8.60. The highest BCUT2D eigenvalue weighted by Gasteiger charge is 2.33. The van der Waals surface area contributed by atoms with E-state index in [1.165, 1.54) is 30.4 Å². The van der Waals surface area contributed by atoms with Gasteiger partial charge in [0.15, 0.2) is 5.78 Å². The number of ketones is 1. The zero-order chi connectivity index (χ0) is 9.42. The summed E-state index contributed by atoms with van der Waals surface area (Å²) in [7, 11) is 0. The Morgan fingerprint density at radius 1 is 1.23 bits per heavy atom. The van der Waals surface area contributed by atoms with E-state index in [1.807, 2.05) is 0 Å². The molecule has 0 saturated heterocycles. The van der Waals surface area contributed by atoms with Gasteiger partial charge < -0.3 is 0 Å². The summed E-state index contributed by atoms with van der Waals surface area (Å²) in [5, 5.41) is 0. The summed E-state index contributed by atoms with van der Waals surface area (Å²) in [6.07, 6.45) is 5.60. The maximum Gasteiger partial charge on any atom is 0.159 e. The summed E-state index contributed by atoms with van der Waals surface area (Å²) in [6, 6.07) is 0. The maximum atomic E-state index is 11.7. The molecule has 0 aliphatic heterocycles. The van der Waals surface area contributed by atoms with Crippen molar-refractivity contribution in [1.82, 2.24) is 0 Å². The number of rotatable bonds is 1. The van der Waals surface area contributed by atoms with Crippen LogP contribution in [0.2, 0.25) is 0 Å². The van der Waals surface area contributed by atoms with Crippen molar-refractivity contribution < 1.29 is 4.79 Å². The van der Waals surface area contributed by atoms with Crippen molar-refractivity contribution in [3.63, 3.8) is 0 Å². The predicted molar refractivity (Wildman–Crippen MR) is 53.4 cm³/mol. The van der Waals surface area contributed by atoms with Crippen molar-refractivity contribution in [2.45, 2.75) is 46.0 Å². The van der Waals surface area contributed by atoms with E-state index in [0.29, 0.717) is 17.6 Å². The molecular formula is C12H18O. The standard InChI is InChI=1S/C12H18O/c1-8(2)10-5-3-4-9-6-7-11(13)12(9)10/h8,10H,3-7H2,1-2H3. The lowest BCUT2D eigenvalue weighted by Gasteiger charge is -2.27. The van der Waals surface area contributed by atoms with Crippen molar-refractivity contribution in [3.8, 4) is 0 Å². The molecular weight excluding hydrogens is 160 g/mol. The molecule has 0 fully saturated rings. The van der Waals surface area contributed by atoms with Gasteiger partial charge in [-0.1, -0.05) is 19.4 Å². The van der Waals surface area contributed by atoms with Gasteiger partial charge in [0.2, 0.25) is 0 Å². The van der Waals surface area contributed by atoms with Gasteiger partial charge in [-0.25, -0.2) is 0 Å². The number of Topliss-reactive ketones (excluding diaryl/α,β-unsaturated/α-hetero) is 1. The average Bonchev–Trinajstić information content (AvgIpc) is 2.48. The van der Waals surface area contributed by atoms with Crippen molar-refractivity contribution in [2.24, 2.45) is 11.8 Å². The molecule has 2 aliphatic carbocycles. The molecule has 0 N–H and O–H groups in total. The van der Waals surface area contributed by atoms with E-state index in [1.54, 1.807) is 0 Å². The molecule has 2 rings (SSSR count). The van der Waals surface area contributed by atoms with E-state index in [9.17, 15) is 4.79 Å². The summed E-state index contributed by atoms with van der Waals surface area (Å²) in [5.74, 6) is 1.68. The van der Waals surface area contributed by atoms with Crippen molar-refractivity contribution >= 4 is 5.78 Å². The summed E-state index contributed by atoms with van der Waals surface area (Å²) < 4.78 is 0. The van der Waals surface area contributed by atoms with Gasteiger partial charge in [-0.15, -0.1) is 0 Å². The number of hydrogen-bond donors (Lipinski definition) is 0. The molecule has 1 nitrogen and oxygen atoms in total. The Labute approximate surface area is 80.2 Å². The fraction of sp³-hybridized carbons (Fsp3) is 0.750. The minimum Gasteiger partial charge on any atom is -0.295 e. The van der Waals surface area contributed by atoms with Crippen LogP contribution in [0.15, 0.2) is 11.1 Å². The molecule has 0 spiro atoms. The Morgan fingerprint density at radius 3 is 2.69 bits per heavy atom. The first-order valence-corrected chi connectivity index (χ1v) is 5.45. The quantitative estimate of drug-likeness (QED) is 0.603. The van der Waals surface area contributed by atoms with Gasteiger partial charge in [0.25, 0.3) is 0 Å². The number of carbonyl (C=O) groups is 1. The monoisotopic (exact) mass is 178 g/mol. The van der Waals surface area contributed by atoms with Crippen LogP contribution in [-0.4, -0.2) is 5.78 Å². The third-order valence-electron chi connectivity index (χ3n) is 3.50. The summed E-state index contributed by atoms with van der Waals surface area (Å²) in [4.78, 5) is 11.7. The number of allylic oxidation sites excluding steroid dienone is 2. The minimum absolute atomic E-state index is 0.452. The van der Waals surface area contributed by atoms with Crippen molar-refractivity contribution in [1.29, 1.82) is 0 Å². The first-order chi connectivity index (χ1) is 6.20. The molecule has 72 valence electrons. The predicted octanol–water partition coefficient (Wildman–Crippen LogP) is 3.10. The average molecular weight is 178 g/mol. The molecule has 0 radical (unpaired) electrons. The Balaban J connectivity index is 2.30. The van der Waals surface area contributed by atoms with Crippen molar-refractivity contribution in [3.05, 3.63) is 11.1 Å². The lowest BCUT2D eigenvalue weighted by Crippen LogP contribution is -2.19. The lowest BCUT2D eigenvalue weighted by atomic mass is 9.77. The van der Waals surface area contributed by atoms with E-state index in [-0.39, 0.29) is 0 Å². The van der Waals surface area contributed by atoms with Gasteiger partial charge in [-0.3, -0.25) is 4.79 Å². The van der Waals surface area contributed by atoms with E-state index in [4.69, 9.17) is 0 Å². The highest BCUT2D eigenvalue weighted by Crippen LogP contribution is 2.41. The van der Waals surface area contributed by atoms with E-state index < -0.39 is 0 Å². The fourth-order valence-corrected chi connectivity index (χ4v) is 2.81. The molecule has 0 aromatic carbocycles. The van der Waals surface area contributed by atoms with Gasteiger partial charge in [-0.05, 0) is 43.1 Å². The Hall–Kier alpha value is -0.590. The van der Waals surface area contributed by atoms with Crippen LogP contribution in [0.3, 0.4) is 0 Å². The summed E-state index contributed by atoms with van der Waals surface area (Å²) in [6.45, 7) is 4.48. The zero-order valence-electron chi connectivity index (χ0n) is 8.60. The number of hydrogen-bond acceptors (Lipinski definition) is 1. The molecule has 0 amide bonds. The lowest BCUT2D eigenvalue weighted by molar-refractivity contribution is -0.115. The van der Waals surface area contributed by atoms with E-state index in [2.05, 4.69) is 13.8 Å². The van der Waals surface area contributed by atoms with Crippen LogP contribution < -0.4 is 0 Å². The maximum absolute atomic E-state index is 11.7. The Morgan fingerprint density at radius 2 is 2.00 bits per heavy atom. The minimum atomic E-state index is 0.452. The molecule has 13 heavy (non-hydrogen) atoms. The highest BCUT2D eigenvalue weighted by molar-refractivity contribution is 5.99. The normalized spacial score (nSPS) is 28.5. The van der Waals surface area contributed by atoms with Gasteiger partial charge in [0, 0.05) is 6.42 Å². The highest BCUT2D eigenvalue weighted by atomic mass is 16.1. The third kappa shape index (κ3) is 1.45. The van der Waals surface area contributed by atoms with Gasteiger partial charge >= 0.3 is 0 Å². The molecule has 1 unspecified atom stereocenters. The van der Waals surface area contributed by atoms with Crippen LogP contribution in [0.4, 0.5) is 0 Å². The molecule has 0 aromatic rings. The third-order valence-corrected chi connectivity index (χ3v) is 3.50. The van der Waals surface area contributed by atoms with Crippen LogP contribution in [0, 0.1) is 11.8 Å². The molecule has 0 bridgehead atoms. The van der Waals surface area contributed by atoms with Gasteiger partial charge in [0.1, 0.15) is 0 Å². The Kier molecular flexibility index (Phi) is 2.27. The van der Waals surface area contributed by atoms with Crippen LogP contribution in [0.1, 0.15) is 46.0 Å². The summed E-state index contributed by atoms with van der Waals surface area (Å²) >= 11 is 0. The van der Waals surface area contributed by atoms with E-state index >= 15 is 0 Å². The van der Waals surface area contributed by atoms with Crippen LogP contribution in [-0.2, 0) is 4.79 Å².